The van der Waals surface area contributed by atoms with Gasteiger partial charge < -0.3 is 9.64 Å². The summed E-state index contributed by atoms with van der Waals surface area (Å²) < 4.78 is 31.4. The molecule has 1 fully saturated rings. The third-order valence-electron chi connectivity index (χ3n) is 3.50. The molecule has 20 heavy (non-hydrogen) atoms. The van der Waals surface area contributed by atoms with Gasteiger partial charge in [0.1, 0.15) is 0 Å². The maximum Gasteiger partial charge on any atom is 0.310 e. The van der Waals surface area contributed by atoms with Gasteiger partial charge in [-0.3, -0.25) is 9.59 Å². The Morgan fingerprint density at radius 2 is 1.95 bits per heavy atom. The lowest BCUT2D eigenvalue weighted by Crippen LogP contribution is -2.40. The van der Waals surface area contributed by atoms with E-state index < -0.39 is 27.2 Å². The fourth-order valence-electron chi connectivity index (χ4n) is 2.35. The molecule has 1 aliphatic carbocycles. The lowest BCUT2D eigenvalue weighted by molar-refractivity contribution is -0.145. The van der Waals surface area contributed by atoms with Crippen LogP contribution in [-0.2, 0) is 24.3 Å². The number of hydrogen-bond donors (Lipinski definition) is 1. The second-order valence-corrected chi connectivity index (χ2v) is 7.06. The van der Waals surface area contributed by atoms with E-state index in [4.69, 9.17) is 0 Å². The highest BCUT2D eigenvalue weighted by atomic mass is 32.2. The SMILES string of the molecule is COC(=O)C1CCCC1S(=O)(=O)NCCC(=O)N(C)C. The zero-order valence-electron chi connectivity index (χ0n) is 12.1. The molecule has 0 spiro atoms. The van der Waals surface area contributed by atoms with Gasteiger partial charge in [0, 0.05) is 27.1 Å². The molecule has 1 N–H and O–H groups in total. The molecule has 2 atom stereocenters. The molecular weight excluding hydrogens is 284 g/mol. The van der Waals surface area contributed by atoms with Crippen LogP contribution in [0.2, 0.25) is 0 Å². The van der Waals surface area contributed by atoms with Crippen LogP contribution in [0, 0.1) is 5.92 Å². The van der Waals surface area contributed by atoms with Gasteiger partial charge in [-0.2, -0.15) is 0 Å². The van der Waals surface area contributed by atoms with Crippen LogP contribution in [0.4, 0.5) is 0 Å². The van der Waals surface area contributed by atoms with Crippen molar-refractivity contribution in [3.05, 3.63) is 0 Å². The highest BCUT2D eigenvalue weighted by Crippen LogP contribution is 2.31. The number of methoxy groups -OCH3 is 1. The minimum absolute atomic E-state index is 0.0454. The van der Waals surface area contributed by atoms with Crippen LogP contribution in [0.5, 0.6) is 0 Å². The van der Waals surface area contributed by atoms with Crippen molar-refractivity contribution in [1.82, 2.24) is 9.62 Å². The van der Waals surface area contributed by atoms with Crippen molar-refractivity contribution in [2.45, 2.75) is 30.9 Å². The first kappa shape index (κ1) is 16.9. The summed E-state index contributed by atoms with van der Waals surface area (Å²) in [6, 6.07) is 0. The molecule has 0 heterocycles. The van der Waals surface area contributed by atoms with E-state index in [9.17, 15) is 18.0 Å². The second kappa shape index (κ2) is 7.03. The van der Waals surface area contributed by atoms with E-state index in [1.165, 1.54) is 12.0 Å². The highest BCUT2D eigenvalue weighted by Gasteiger charge is 2.41. The third-order valence-corrected chi connectivity index (χ3v) is 5.46. The maximum absolute atomic E-state index is 12.2. The molecule has 116 valence electrons. The summed E-state index contributed by atoms with van der Waals surface area (Å²) in [7, 11) is 0.875. The lowest BCUT2D eigenvalue weighted by atomic mass is 10.1. The molecule has 1 saturated carbocycles. The van der Waals surface area contributed by atoms with Gasteiger partial charge >= 0.3 is 5.97 Å². The molecule has 0 aromatic rings. The Bertz CT molecular complexity index is 460. The standard InChI is InChI=1S/C12H22N2O5S/c1-14(2)11(15)7-8-13-20(17,18)10-6-4-5-9(10)12(16)19-3/h9-10,13H,4-8H2,1-3H3. The first-order valence-corrected chi connectivity index (χ1v) is 8.10. The van der Waals surface area contributed by atoms with Gasteiger partial charge in [0.05, 0.1) is 18.3 Å². The first-order chi connectivity index (χ1) is 9.29. The molecule has 0 aliphatic heterocycles. The van der Waals surface area contributed by atoms with Gasteiger partial charge in [-0.1, -0.05) is 6.42 Å². The Labute approximate surface area is 119 Å². The minimum atomic E-state index is -3.61. The number of carbonyl (C=O) groups is 2. The maximum atomic E-state index is 12.2. The average Bonchev–Trinajstić information content (AvgIpc) is 2.87. The number of esters is 1. The molecule has 1 amide bonds. The van der Waals surface area contributed by atoms with E-state index in [-0.39, 0.29) is 18.9 Å². The van der Waals surface area contributed by atoms with Crippen molar-refractivity contribution in [1.29, 1.82) is 0 Å². The Hall–Kier alpha value is -1.15. The Balaban J connectivity index is 2.60. The number of amides is 1. The van der Waals surface area contributed by atoms with E-state index in [1.54, 1.807) is 14.1 Å². The van der Waals surface area contributed by atoms with Crippen molar-refractivity contribution in [2.24, 2.45) is 5.92 Å². The van der Waals surface area contributed by atoms with Crippen LogP contribution < -0.4 is 4.72 Å². The number of carbonyl (C=O) groups excluding carboxylic acids is 2. The number of nitrogens with zero attached hydrogens (tertiary/aromatic N) is 1. The summed E-state index contributed by atoms with van der Waals surface area (Å²) in [5.74, 6) is -1.24. The molecule has 1 aliphatic rings. The Morgan fingerprint density at radius 1 is 1.30 bits per heavy atom. The van der Waals surface area contributed by atoms with Crippen LogP contribution in [0.3, 0.4) is 0 Å². The number of nitrogens with one attached hydrogen (secondary N) is 1. The van der Waals surface area contributed by atoms with Gasteiger partial charge in [-0.15, -0.1) is 0 Å². The first-order valence-electron chi connectivity index (χ1n) is 6.56. The van der Waals surface area contributed by atoms with Crippen LogP contribution >= 0.6 is 0 Å². The van der Waals surface area contributed by atoms with E-state index in [0.29, 0.717) is 19.3 Å². The minimum Gasteiger partial charge on any atom is -0.469 e. The zero-order chi connectivity index (χ0) is 15.3. The fraction of sp³-hybridized carbons (Fsp3) is 0.833. The van der Waals surface area contributed by atoms with E-state index in [1.807, 2.05) is 0 Å². The van der Waals surface area contributed by atoms with Gasteiger partial charge in [0.15, 0.2) is 0 Å². The summed E-state index contributed by atoms with van der Waals surface area (Å²) in [5, 5.41) is -0.760. The molecule has 0 aromatic carbocycles. The van der Waals surface area contributed by atoms with E-state index >= 15 is 0 Å². The normalized spacial score (nSPS) is 22.6. The number of rotatable bonds is 6. The van der Waals surface area contributed by atoms with Gasteiger partial charge in [-0.05, 0) is 12.8 Å². The predicted octanol–water partition coefficient (Wildman–Crippen LogP) is -0.274. The molecule has 0 radical (unpaired) electrons. The average molecular weight is 306 g/mol. The molecular formula is C12H22N2O5S. The summed E-state index contributed by atoms with van der Waals surface area (Å²) in [4.78, 5) is 24.4. The second-order valence-electron chi connectivity index (χ2n) is 5.08. The molecule has 7 nitrogen and oxygen atoms in total. The van der Waals surface area contributed by atoms with Crippen molar-refractivity contribution >= 4 is 21.9 Å². The Kier molecular flexibility index (Phi) is 5.94. The topological polar surface area (TPSA) is 92.8 Å². The third kappa shape index (κ3) is 4.17. The Morgan fingerprint density at radius 3 is 2.50 bits per heavy atom. The predicted molar refractivity (Wildman–Crippen MR) is 73.4 cm³/mol. The summed E-state index contributed by atoms with van der Waals surface area (Å²) in [5.41, 5.74) is 0. The van der Waals surface area contributed by atoms with Crippen molar-refractivity contribution in [2.75, 3.05) is 27.7 Å². The van der Waals surface area contributed by atoms with Crippen LogP contribution in [0.1, 0.15) is 25.7 Å². The van der Waals surface area contributed by atoms with Crippen LogP contribution in [0.25, 0.3) is 0 Å². The van der Waals surface area contributed by atoms with E-state index in [2.05, 4.69) is 9.46 Å². The summed E-state index contributed by atoms with van der Waals surface area (Å²) in [6.07, 6.45) is 1.75. The quantitative estimate of drug-likeness (QED) is 0.682. The summed E-state index contributed by atoms with van der Waals surface area (Å²) >= 11 is 0. The summed E-state index contributed by atoms with van der Waals surface area (Å²) in [6.45, 7) is 0.0454. The monoisotopic (exact) mass is 306 g/mol. The zero-order valence-corrected chi connectivity index (χ0v) is 12.9. The highest BCUT2D eigenvalue weighted by molar-refractivity contribution is 7.90. The van der Waals surface area contributed by atoms with Gasteiger partial charge in [-0.25, -0.2) is 13.1 Å². The molecule has 1 rings (SSSR count). The van der Waals surface area contributed by atoms with Crippen LogP contribution in [-0.4, -0.2) is 58.2 Å². The fourth-order valence-corrected chi connectivity index (χ4v) is 4.11. The molecule has 8 heteroatoms. The van der Waals surface area contributed by atoms with Gasteiger partial charge in [0.25, 0.3) is 0 Å². The number of ether oxygens (including phenoxy) is 1. The van der Waals surface area contributed by atoms with Crippen molar-refractivity contribution < 1.29 is 22.7 Å². The van der Waals surface area contributed by atoms with E-state index in [0.717, 1.165) is 0 Å². The number of sulfonamides is 1. The van der Waals surface area contributed by atoms with Crippen molar-refractivity contribution in [3.63, 3.8) is 0 Å². The van der Waals surface area contributed by atoms with Gasteiger partial charge in [0.2, 0.25) is 15.9 Å². The molecule has 2 unspecified atom stereocenters. The number of hydrogen-bond acceptors (Lipinski definition) is 5. The smallest absolute Gasteiger partial charge is 0.310 e. The largest absolute Gasteiger partial charge is 0.469 e. The lowest BCUT2D eigenvalue weighted by Gasteiger charge is -2.18. The molecule has 0 bridgehead atoms. The molecule has 0 aromatic heterocycles. The van der Waals surface area contributed by atoms with Crippen LogP contribution in [0.15, 0.2) is 0 Å². The van der Waals surface area contributed by atoms with Crippen molar-refractivity contribution in [3.8, 4) is 0 Å². The molecule has 0 saturated heterocycles.